The summed E-state index contributed by atoms with van der Waals surface area (Å²) in [6.45, 7) is -0.252. The number of likely N-dealkylation sites (tertiary alicyclic amines) is 1. The minimum absolute atomic E-state index is 0.0783. The number of carbonyl (C=O) groups is 2. The lowest BCUT2D eigenvalue weighted by atomic mass is 10.0. The van der Waals surface area contributed by atoms with E-state index in [1.54, 1.807) is 13.0 Å². The second kappa shape index (κ2) is 8.47. The van der Waals surface area contributed by atoms with E-state index in [0.717, 1.165) is 6.42 Å². The number of amides is 2. The molecule has 1 unspecified atom stereocenters. The Bertz CT molecular complexity index is 583. The van der Waals surface area contributed by atoms with Gasteiger partial charge < -0.3 is 19.7 Å². The monoisotopic (exact) mass is 342 g/mol. The number of hydrogen-bond acceptors (Lipinski definition) is 4. The van der Waals surface area contributed by atoms with E-state index in [4.69, 9.17) is 4.74 Å². The third-order valence-corrected chi connectivity index (χ3v) is 3.64. The van der Waals surface area contributed by atoms with Crippen molar-refractivity contribution in [2.24, 2.45) is 0 Å². The summed E-state index contributed by atoms with van der Waals surface area (Å²) in [4.78, 5) is 25.6. The Morgan fingerprint density at radius 2 is 2.12 bits per heavy atom. The first-order chi connectivity index (χ1) is 11.5. The zero-order valence-corrected chi connectivity index (χ0v) is 13.3. The van der Waals surface area contributed by atoms with E-state index in [2.05, 4.69) is 10.1 Å². The van der Waals surface area contributed by atoms with Gasteiger partial charge in [-0.3, -0.25) is 4.79 Å². The molecule has 2 amide bonds. The summed E-state index contributed by atoms with van der Waals surface area (Å²) in [5.74, 6) is -0.556. The molecule has 1 fully saturated rings. The van der Waals surface area contributed by atoms with Crippen LogP contribution in [0.4, 0.5) is 13.6 Å². The van der Waals surface area contributed by atoms with Crippen molar-refractivity contribution in [3.8, 4) is 5.75 Å². The smallest absolute Gasteiger partial charge is 0.407 e. The molecule has 0 spiro atoms. The summed E-state index contributed by atoms with van der Waals surface area (Å²) in [7, 11) is 0. The van der Waals surface area contributed by atoms with Crippen molar-refractivity contribution in [2.45, 2.75) is 32.4 Å². The molecule has 0 saturated carbocycles. The lowest BCUT2D eigenvalue weighted by Crippen LogP contribution is -2.49. The third kappa shape index (κ3) is 4.81. The van der Waals surface area contributed by atoms with Gasteiger partial charge in [0.2, 0.25) is 0 Å². The van der Waals surface area contributed by atoms with Crippen molar-refractivity contribution in [3.05, 3.63) is 29.8 Å². The Kier molecular flexibility index (Phi) is 6.34. The van der Waals surface area contributed by atoms with Gasteiger partial charge in [0.15, 0.2) is 0 Å². The fourth-order valence-electron chi connectivity index (χ4n) is 2.63. The van der Waals surface area contributed by atoms with Crippen LogP contribution >= 0.6 is 0 Å². The average molecular weight is 342 g/mol. The van der Waals surface area contributed by atoms with E-state index in [9.17, 15) is 18.4 Å². The molecule has 0 aliphatic carbocycles. The minimum atomic E-state index is -3.00. The minimum Gasteiger partial charge on any atom is -0.450 e. The molecule has 1 heterocycles. The van der Waals surface area contributed by atoms with Crippen LogP contribution in [0.1, 0.15) is 30.1 Å². The fraction of sp³-hybridized carbons (Fsp3) is 0.500. The maximum atomic E-state index is 12.6. The van der Waals surface area contributed by atoms with E-state index in [0.29, 0.717) is 19.5 Å². The van der Waals surface area contributed by atoms with Crippen molar-refractivity contribution >= 4 is 12.0 Å². The molecule has 1 aliphatic heterocycles. The molecule has 1 atom stereocenters. The Morgan fingerprint density at radius 3 is 2.83 bits per heavy atom. The van der Waals surface area contributed by atoms with Crippen LogP contribution in [-0.4, -0.2) is 49.3 Å². The van der Waals surface area contributed by atoms with E-state index in [1.165, 1.54) is 23.1 Å². The highest BCUT2D eigenvalue weighted by molar-refractivity contribution is 5.97. The van der Waals surface area contributed by atoms with Crippen LogP contribution in [0, 0.1) is 0 Å². The van der Waals surface area contributed by atoms with Gasteiger partial charge in [0.1, 0.15) is 5.75 Å². The number of carbonyl (C=O) groups excluding carboxylic acids is 2. The van der Waals surface area contributed by atoms with Gasteiger partial charge in [-0.2, -0.15) is 8.78 Å². The van der Waals surface area contributed by atoms with Crippen molar-refractivity contribution in [1.82, 2.24) is 10.2 Å². The molecule has 2 rings (SSSR count). The summed E-state index contributed by atoms with van der Waals surface area (Å²) >= 11 is 0. The van der Waals surface area contributed by atoms with Gasteiger partial charge in [0.25, 0.3) is 5.91 Å². The SMILES string of the molecule is CCOC(=O)NC1CCCN(C(=O)c2ccccc2OC(F)F)C1. The second-order valence-corrected chi connectivity index (χ2v) is 5.33. The summed E-state index contributed by atoms with van der Waals surface area (Å²) in [5, 5.41) is 2.70. The van der Waals surface area contributed by atoms with Gasteiger partial charge in [-0.1, -0.05) is 12.1 Å². The average Bonchev–Trinajstić information content (AvgIpc) is 2.54. The molecule has 6 nitrogen and oxygen atoms in total. The third-order valence-electron chi connectivity index (χ3n) is 3.64. The molecular weight excluding hydrogens is 322 g/mol. The van der Waals surface area contributed by atoms with Gasteiger partial charge in [-0.25, -0.2) is 4.79 Å². The molecular formula is C16H20F2N2O4. The largest absolute Gasteiger partial charge is 0.450 e. The van der Waals surface area contributed by atoms with Gasteiger partial charge in [0, 0.05) is 19.1 Å². The Hall–Kier alpha value is -2.38. The molecule has 0 radical (unpaired) electrons. The molecule has 8 heteroatoms. The second-order valence-electron chi connectivity index (χ2n) is 5.33. The lowest BCUT2D eigenvalue weighted by Gasteiger charge is -2.33. The Morgan fingerprint density at radius 1 is 1.38 bits per heavy atom. The topological polar surface area (TPSA) is 67.9 Å². The van der Waals surface area contributed by atoms with Crippen LogP contribution in [0.3, 0.4) is 0 Å². The molecule has 24 heavy (non-hydrogen) atoms. The number of nitrogens with zero attached hydrogens (tertiary/aromatic N) is 1. The first kappa shape index (κ1) is 18.0. The Balaban J connectivity index is 2.05. The summed E-state index contributed by atoms with van der Waals surface area (Å²) < 4.78 is 34.2. The molecule has 0 bridgehead atoms. The quantitative estimate of drug-likeness (QED) is 0.893. The highest BCUT2D eigenvalue weighted by atomic mass is 19.3. The number of para-hydroxylation sites is 1. The van der Waals surface area contributed by atoms with E-state index in [1.807, 2.05) is 0 Å². The number of piperidine rings is 1. The summed E-state index contributed by atoms with van der Waals surface area (Å²) in [6.07, 6.45) is 0.886. The standard InChI is InChI=1S/C16H20F2N2O4/c1-2-23-16(22)19-11-6-5-9-20(10-11)14(21)12-7-3-4-8-13(12)24-15(17)18/h3-4,7-8,11,15H,2,5-6,9-10H2,1H3,(H,19,22). The summed E-state index contributed by atoms with van der Waals surface area (Å²) in [5.41, 5.74) is 0.0783. The highest BCUT2D eigenvalue weighted by Crippen LogP contribution is 2.23. The van der Waals surface area contributed by atoms with Crippen LogP contribution in [0.2, 0.25) is 0 Å². The predicted octanol–water partition coefficient (Wildman–Crippen LogP) is 2.64. The Labute approximate surface area is 138 Å². The molecule has 1 aromatic rings. The number of alkyl carbamates (subject to hydrolysis) is 1. The molecule has 0 aromatic heterocycles. The van der Waals surface area contributed by atoms with Crippen LogP contribution in [0.5, 0.6) is 5.75 Å². The predicted molar refractivity (Wildman–Crippen MR) is 82.2 cm³/mol. The van der Waals surface area contributed by atoms with Crippen LogP contribution < -0.4 is 10.1 Å². The first-order valence-electron chi connectivity index (χ1n) is 7.77. The number of rotatable bonds is 5. The van der Waals surface area contributed by atoms with Crippen LogP contribution in [0.15, 0.2) is 24.3 Å². The normalized spacial score (nSPS) is 17.5. The van der Waals surface area contributed by atoms with Crippen molar-refractivity contribution in [3.63, 3.8) is 0 Å². The molecule has 1 aliphatic rings. The van der Waals surface area contributed by atoms with E-state index in [-0.39, 0.29) is 24.0 Å². The highest BCUT2D eigenvalue weighted by Gasteiger charge is 2.27. The number of hydrogen-bond donors (Lipinski definition) is 1. The van der Waals surface area contributed by atoms with Crippen LogP contribution in [-0.2, 0) is 4.74 Å². The fourth-order valence-corrected chi connectivity index (χ4v) is 2.63. The molecule has 1 aromatic carbocycles. The van der Waals surface area contributed by atoms with Gasteiger partial charge in [-0.05, 0) is 31.9 Å². The molecule has 132 valence electrons. The lowest BCUT2D eigenvalue weighted by molar-refractivity contribution is -0.0503. The number of benzene rings is 1. The van der Waals surface area contributed by atoms with Crippen LogP contribution in [0.25, 0.3) is 0 Å². The van der Waals surface area contributed by atoms with E-state index < -0.39 is 18.6 Å². The van der Waals surface area contributed by atoms with Crippen molar-refractivity contribution < 1.29 is 27.8 Å². The van der Waals surface area contributed by atoms with Crippen molar-refractivity contribution in [1.29, 1.82) is 0 Å². The zero-order chi connectivity index (χ0) is 17.5. The van der Waals surface area contributed by atoms with Gasteiger partial charge in [0.05, 0.1) is 12.2 Å². The maximum absolute atomic E-state index is 12.6. The zero-order valence-electron chi connectivity index (χ0n) is 13.3. The van der Waals surface area contributed by atoms with Crippen molar-refractivity contribution in [2.75, 3.05) is 19.7 Å². The molecule has 1 saturated heterocycles. The summed E-state index contributed by atoms with van der Waals surface area (Å²) in [6, 6.07) is 5.66. The first-order valence-corrected chi connectivity index (χ1v) is 7.77. The number of nitrogens with one attached hydrogen (secondary N) is 1. The van der Waals surface area contributed by atoms with E-state index >= 15 is 0 Å². The maximum Gasteiger partial charge on any atom is 0.407 e. The number of ether oxygens (including phenoxy) is 2. The van der Waals surface area contributed by atoms with Gasteiger partial charge >= 0.3 is 12.7 Å². The van der Waals surface area contributed by atoms with Gasteiger partial charge in [-0.15, -0.1) is 0 Å². The number of halogens is 2. The molecule has 1 N–H and O–H groups in total. The number of alkyl halides is 2.